The molecule has 4 amide bonds. The van der Waals surface area contributed by atoms with Crippen molar-refractivity contribution < 1.29 is 33.8 Å². The first-order valence-electron chi connectivity index (χ1n) is 6.32. The lowest BCUT2D eigenvalue weighted by Crippen LogP contribution is -2.51. The fourth-order valence-corrected chi connectivity index (χ4v) is 1.86. The zero-order chi connectivity index (χ0) is 17.0. The van der Waals surface area contributed by atoms with Gasteiger partial charge in [-0.2, -0.15) is 0 Å². The molecule has 0 atom stereocenters. The van der Waals surface area contributed by atoms with Crippen LogP contribution >= 0.6 is 0 Å². The number of barbiturate groups is 1. The van der Waals surface area contributed by atoms with Gasteiger partial charge in [0.05, 0.1) is 7.11 Å². The van der Waals surface area contributed by atoms with Gasteiger partial charge >= 0.3 is 12.0 Å². The van der Waals surface area contributed by atoms with Crippen molar-refractivity contribution in [1.29, 1.82) is 0 Å². The molecule has 1 aliphatic heterocycles. The summed E-state index contributed by atoms with van der Waals surface area (Å²) in [5.74, 6) is -2.65. The van der Waals surface area contributed by atoms with Crippen LogP contribution in [0.1, 0.15) is 5.56 Å². The molecule has 23 heavy (non-hydrogen) atoms. The molecule has 2 rings (SSSR count). The number of rotatable bonds is 5. The highest BCUT2D eigenvalue weighted by Gasteiger charge is 2.28. The van der Waals surface area contributed by atoms with Crippen molar-refractivity contribution in [3.05, 3.63) is 29.3 Å². The van der Waals surface area contributed by atoms with E-state index in [2.05, 4.69) is 0 Å². The number of benzene rings is 1. The average molecular weight is 320 g/mol. The van der Waals surface area contributed by atoms with E-state index in [0.29, 0.717) is 0 Å². The molecule has 1 aromatic rings. The molecule has 0 radical (unpaired) electrons. The molecule has 0 aliphatic carbocycles. The maximum atomic E-state index is 11.7. The lowest BCUT2D eigenvalue weighted by molar-refractivity contribution is -0.139. The summed E-state index contributed by atoms with van der Waals surface area (Å²) in [4.78, 5) is 45.1. The maximum Gasteiger partial charge on any atom is 0.341 e. The highest BCUT2D eigenvalue weighted by atomic mass is 16.5. The smallest absolute Gasteiger partial charge is 0.341 e. The van der Waals surface area contributed by atoms with Crippen LogP contribution in [0.3, 0.4) is 0 Å². The molecule has 1 aliphatic rings. The van der Waals surface area contributed by atoms with Gasteiger partial charge in [-0.05, 0) is 12.1 Å². The van der Waals surface area contributed by atoms with Crippen LogP contribution in [-0.2, 0) is 14.4 Å². The van der Waals surface area contributed by atoms with E-state index in [1.54, 1.807) is 6.07 Å². The Balaban J connectivity index is 2.44. The molecule has 9 heteroatoms. The lowest BCUT2D eigenvalue weighted by Gasteiger charge is -2.16. The Morgan fingerprint density at radius 2 is 1.87 bits per heavy atom. The van der Waals surface area contributed by atoms with Crippen molar-refractivity contribution in [2.75, 3.05) is 13.7 Å². The molecule has 0 aromatic heterocycles. The molecule has 3 N–H and O–H groups in total. The van der Waals surface area contributed by atoms with Crippen LogP contribution in [0.4, 0.5) is 4.79 Å². The third-order valence-corrected chi connectivity index (χ3v) is 2.81. The highest BCUT2D eigenvalue weighted by Crippen LogP contribution is 2.32. The average Bonchev–Trinajstić information content (AvgIpc) is 2.48. The Labute approximate surface area is 129 Å². The highest BCUT2D eigenvalue weighted by molar-refractivity contribution is 6.31. The number of hydrogen-bond donors (Lipinski definition) is 3. The topological polar surface area (TPSA) is 131 Å². The second kappa shape index (κ2) is 6.60. The Bertz CT molecular complexity index is 702. The summed E-state index contributed by atoms with van der Waals surface area (Å²) in [5, 5.41) is 12.6. The fraction of sp³-hybridized carbons (Fsp3) is 0.143. The number of methoxy groups -OCH3 is 1. The van der Waals surface area contributed by atoms with Crippen LogP contribution < -0.4 is 20.1 Å². The molecular formula is C14H12N2O7. The number of carboxylic acid groups (broad SMARTS) is 1. The van der Waals surface area contributed by atoms with E-state index in [1.165, 1.54) is 25.3 Å². The second-order valence-corrected chi connectivity index (χ2v) is 4.36. The van der Waals surface area contributed by atoms with Gasteiger partial charge in [0.15, 0.2) is 18.1 Å². The molecule has 1 fully saturated rings. The van der Waals surface area contributed by atoms with Crippen LogP contribution in [0.5, 0.6) is 11.5 Å². The molecule has 0 unspecified atom stereocenters. The Morgan fingerprint density at radius 1 is 1.22 bits per heavy atom. The predicted octanol–water partition coefficient (Wildman–Crippen LogP) is -0.0920. The van der Waals surface area contributed by atoms with Gasteiger partial charge in [-0.25, -0.2) is 9.59 Å². The number of hydrogen-bond acceptors (Lipinski definition) is 6. The van der Waals surface area contributed by atoms with E-state index in [1.807, 2.05) is 10.6 Å². The van der Waals surface area contributed by atoms with Crippen molar-refractivity contribution >= 4 is 29.9 Å². The van der Waals surface area contributed by atoms with Gasteiger partial charge in [-0.1, -0.05) is 12.1 Å². The normalized spacial score (nSPS) is 14.0. The molecule has 9 nitrogen and oxygen atoms in total. The molecule has 0 spiro atoms. The number of urea groups is 1. The number of carboxylic acids is 1. The number of aliphatic carboxylic acids is 1. The number of carbonyl (C=O) groups excluding carboxylic acids is 3. The van der Waals surface area contributed by atoms with Crippen molar-refractivity contribution in [3.63, 3.8) is 0 Å². The van der Waals surface area contributed by atoms with Crippen LogP contribution in [-0.4, -0.2) is 42.6 Å². The minimum atomic E-state index is -1.20. The van der Waals surface area contributed by atoms with E-state index < -0.39 is 30.4 Å². The summed E-state index contributed by atoms with van der Waals surface area (Å²) in [6, 6.07) is 3.70. The molecule has 120 valence electrons. The van der Waals surface area contributed by atoms with Crippen LogP contribution in [0.2, 0.25) is 0 Å². The largest absolute Gasteiger partial charge is 0.493 e. The number of ether oxygens (including phenoxy) is 2. The SMILES string of the molecule is COc1cccc(C=C2C(=O)NC(=O)NC2=O)c1OCC(=O)O. The van der Waals surface area contributed by atoms with Crippen molar-refractivity contribution in [3.8, 4) is 11.5 Å². The van der Waals surface area contributed by atoms with Crippen LogP contribution in [0.15, 0.2) is 23.8 Å². The van der Waals surface area contributed by atoms with Crippen LogP contribution in [0.25, 0.3) is 6.08 Å². The van der Waals surface area contributed by atoms with Crippen molar-refractivity contribution in [2.24, 2.45) is 0 Å². The van der Waals surface area contributed by atoms with Gasteiger partial charge in [0.25, 0.3) is 11.8 Å². The zero-order valence-corrected chi connectivity index (χ0v) is 11.9. The van der Waals surface area contributed by atoms with Gasteiger partial charge in [0.1, 0.15) is 5.57 Å². The Morgan fingerprint density at radius 3 is 2.43 bits per heavy atom. The first-order chi connectivity index (χ1) is 10.9. The van der Waals surface area contributed by atoms with Crippen molar-refractivity contribution in [1.82, 2.24) is 10.6 Å². The second-order valence-electron chi connectivity index (χ2n) is 4.36. The summed E-state index contributed by atoms with van der Waals surface area (Å²) in [7, 11) is 1.36. The quantitative estimate of drug-likeness (QED) is 0.510. The minimum absolute atomic E-state index is 0.0578. The monoisotopic (exact) mass is 320 g/mol. The summed E-state index contributed by atoms with van der Waals surface area (Å²) in [6.45, 7) is -0.632. The zero-order valence-electron chi connectivity index (χ0n) is 11.9. The van der Waals surface area contributed by atoms with Gasteiger partial charge < -0.3 is 14.6 Å². The van der Waals surface area contributed by atoms with Gasteiger partial charge in [-0.15, -0.1) is 0 Å². The number of amides is 4. The van der Waals surface area contributed by atoms with Gasteiger partial charge in [0.2, 0.25) is 0 Å². The number of nitrogens with one attached hydrogen (secondary N) is 2. The van der Waals surface area contributed by atoms with Crippen LogP contribution in [0, 0.1) is 0 Å². The number of imide groups is 2. The summed E-state index contributed by atoms with van der Waals surface area (Å²) in [6.07, 6.45) is 1.18. The first-order valence-corrected chi connectivity index (χ1v) is 6.32. The minimum Gasteiger partial charge on any atom is -0.493 e. The summed E-state index contributed by atoms with van der Waals surface area (Å²) >= 11 is 0. The molecular weight excluding hydrogens is 308 g/mol. The van der Waals surface area contributed by atoms with Gasteiger partial charge in [-0.3, -0.25) is 20.2 Å². The van der Waals surface area contributed by atoms with E-state index >= 15 is 0 Å². The number of carbonyl (C=O) groups is 4. The van der Waals surface area contributed by atoms with E-state index in [4.69, 9.17) is 14.6 Å². The maximum absolute atomic E-state index is 11.7. The van der Waals surface area contributed by atoms with Gasteiger partial charge in [0, 0.05) is 5.56 Å². The standard InChI is InChI=1S/C14H12N2O7/c1-22-9-4-2-3-7(11(9)23-6-10(17)18)5-8-12(19)15-14(21)16-13(8)20/h2-5H,6H2,1H3,(H,17,18)(H2,15,16,19,20,21). The fourth-order valence-electron chi connectivity index (χ4n) is 1.86. The lowest BCUT2D eigenvalue weighted by atomic mass is 10.1. The third-order valence-electron chi connectivity index (χ3n) is 2.81. The molecule has 1 heterocycles. The summed E-state index contributed by atoms with van der Waals surface area (Å²) in [5.41, 5.74) is -0.0710. The van der Waals surface area contributed by atoms with Crippen molar-refractivity contribution in [2.45, 2.75) is 0 Å². The third kappa shape index (κ3) is 3.64. The van der Waals surface area contributed by atoms with E-state index in [0.717, 1.165) is 0 Å². The summed E-state index contributed by atoms with van der Waals surface area (Å²) < 4.78 is 10.2. The Hall–Kier alpha value is -3.36. The number of para-hydroxylation sites is 1. The first kappa shape index (κ1) is 16.0. The molecule has 1 aromatic carbocycles. The van der Waals surface area contributed by atoms with E-state index in [-0.39, 0.29) is 22.6 Å². The van der Waals surface area contributed by atoms with E-state index in [9.17, 15) is 19.2 Å². The molecule has 0 saturated carbocycles. The molecule has 0 bridgehead atoms. The Kier molecular flexibility index (Phi) is 4.60. The molecule has 1 saturated heterocycles. The predicted molar refractivity (Wildman–Crippen MR) is 75.8 cm³/mol.